The lowest BCUT2D eigenvalue weighted by atomic mass is 10.1. The fourth-order valence-corrected chi connectivity index (χ4v) is 2.21. The quantitative estimate of drug-likeness (QED) is 0.778. The number of esters is 2. The zero-order valence-electron chi connectivity index (χ0n) is 13.7. The first kappa shape index (κ1) is 17.9. The Balaban J connectivity index is 1.78. The van der Waals surface area contributed by atoms with Gasteiger partial charge in [0.15, 0.2) is 6.10 Å². The van der Waals surface area contributed by atoms with Crippen molar-refractivity contribution >= 4 is 11.9 Å². The maximum absolute atomic E-state index is 12.0. The molecular formula is C19H22O5. The van der Waals surface area contributed by atoms with Crippen LogP contribution in [0.3, 0.4) is 0 Å². The molecular weight excluding hydrogens is 308 g/mol. The van der Waals surface area contributed by atoms with Crippen LogP contribution in [0.1, 0.15) is 25.3 Å². The molecule has 0 aromatic heterocycles. The van der Waals surface area contributed by atoms with E-state index < -0.39 is 24.0 Å². The van der Waals surface area contributed by atoms with Gasteiger partial charge in [-0.15, -0.1) is 0 Å². The largest absolute Gasteiger partial charge is 0.461 e. The fraction of sp³-hybridized carbons (Fsp3) is 0.368. The molecule has 1 aliphatic carbocycles. The minimum atomic E-state index is -1.54. The third-order valence-corrected chi connectivity index (χ3v) is 3.76. The van der Waals surface area contributed by atoms with E-state index >= 15 is 0 Å². The molecule has 0 bridgehead atoms. The van der Waals surface area contributed by atoms with Crippen LogP contribution in [-0.4, -0.2) is 29.8 Å². The summed E-state index contributed by atoms with van der Waals surface area (Å²) in [5.41, 5.74) is 1.73. The number of ether oxygens (including phenoxy) is 2. The molecule has 2 unspecified atom stereocenters. The summed E-state index contributed by atoms with van der Waals surface area (Å²) in [6, 6.07) is 9.13. The fourth-order valence-electron chi connectivity index (χ4n) is 2.21. The normalized spacial score (nSPS) is 16.0. The molecule has 128 valence electrons. The molecule has 5 heteroatoms. The molecule has 1 aromatic carbocycles. The predicted molar refractivity (Wildman–Crippen MR) is 88.8 cm³/mol. The highest BCUT2D eigenvalue weighted by Crippen LogP contribution is 2.13. The Kier molecular flexibility index (Phi) is 6.75. The van der Waals surface area contributed by atoms with Gasteiger partial charge in [-0.25, -0.2) is 4.79 Å². The summed E-state index contributed by atoms with van der Waals surface area (Å²) in [5.74, 6) is -2.44. The molecule has 2 atom stereocenters. The number of aliphatic hydroxyl groups is 1. The van der Waals surface area contributed by atoms with Crippen LogP contribution in [0.15, 0.2) is 54.1 Å². The highest BCUT2D eigenvalue weighted by Gasteiger charge is 2.30. The van der Waals surface area contributed by atoms with Crippen molar-refractivity contribution in [1.29, 1.82) is 0 Å². The molecule has 0 radical (unpaired) electrons. The van der Waals surface area contributed by atoms with Crippen molar-refractivity contribution in [3.8, 4) is 0 Å². The molecule has 0 fully saturated rings. The van der Waals surface area contributed by atoms with Crippen LogP contribution < -0.4 is 0 Å². The van der Waals surface area contributed by atoms with Crippen molar-refractivity contribution in [3.05, 3.63) is 59.7 Å². The molecule has 1 N–H and O–H groups in total. The molecule has 0 saturated carbocycles. The van der Waals surface area contributed by atoms with E-state index in [9.17, 15) is 14.7 Å². The van der Waals surface area contributed by atoms with E-state index in [1.54, 1.807) is 0 Å². The average molecular weight is 330 g/mol. The second-order valence-electron chi connectivity index (χ2n) is 5.69. The Morgan fingerprint density at radius 1 is 1.08 bits per heavy atom. The molecule has 0 saturated heterocycles. The van der Waals surface area contributed by atoms with E-state index in [4.69, 9.17) is 9.47 Å². The summed E-state index contributed by atoms with van der Waals surface area (Å²) in [6.07, 6.45) is 6.29. The van der Waals surface area contributed by atoms with Gasteiger partial charge in [0.1, 0.15) is 13.2 Å². The Bertz CT molecular complexity index is 618. The predicted octanol–water partition coefficient (Wildman–Crippen LogP) is 2.55. The number of carbonyl (C=O) groups is 2. The monoisotopic (exact) mass is 330 g/mol. The minimum Gasteiger partial charge on any atom is -0.461 e. The standard InChI is InChI=1S/C19H22O5/c1-14(18(21)23-12-15-8-4-2-5-9-15)17(20)19(22)24-13-16-10-6-3-7-11-16/h3-4,6-11,14,17,20H,2,5,12-13H2,1H3. The van der Waals surface area contributed by atoms with Gasteiger partial charge in [-0.05, 0) is 30.9 Å². The summed E-state index contributed by atoms with van der Waals surface area (Å²) < 4.78 is 10.2. The van der Waals surface area contributed by atoms with E-state index in [0.29, 0.717) is 0 Å². The van der Waals surface area contributed by atoms with Crippen LogP contribution in [0.5, 0.6) is 0 Å². The molecule has 1 aliphatic rings. The highest BCUT2D eigenvalue weighted by atomic mass is 16.6. The number of carbonyl (C=O) groups excluding carboxylic acids is 2. The minimum absolute atomic E-state index is 0.0518. The van der Waals surface area contributed by atoms with E-state index in [1.165, 1.54) is 6.92 Å². The lowest BCUT2D eigenvalue weighted by Gasteiger charge is -2.17. The SMILES string of the molecule is CC(C(=O)OCC1=CCCC=C1)C(O)C(=O)OCc1ccccc1. The maximum atomic E-state index is 12.0. The van der Waals surface area contributed by atoms with Gasteiger partial charge in [-0.1, -0.05) is 48.6 Å². The first-order valence-corrected chi connectivity index (χ1v) is 7.99. The Hall–Kier alpha value is -2.40. The summed E-state index contributed by atoms with van der Waals surface area (Å²) in [6.45, 7) is 1.64. The summed E-state index contributed by atoms with van der Waals surface area (Å²) in [4.78, 5) is 23.8. The Morgan fingerprint density at radius 2 is 1.79 bits per heavy atom. The molecule has 1 aromatic rings. The van der Waals surface area contributed by atoms with Gasteiger partial charge in [-0.3, -0.25) is 4.79 Å². The van der Waals surface area contributed by atoms with Crippen molar-refractivity contribution in [3.63, 3.8) is 0 Å². The average Bonchev–Trinajstić information content (AvgIpc) is 2.64. The van der Waals surface area contributed by atoms with Crippen LogP contribution in [0.4, 0.5) is 0 Å². The van der Waals surface area contributed by atoms with E-state index in [0.717, 1.165) is 24.0 Å². The number of rotatable bonds is 7. The van der Waals surface area contributed by atoms with Crippen LogP contribution in [0.2, 0.25) is 0 Å². The maximum Gasteiger partial charge on any atom is 0.336 e. The lowest BCUT2D eigenvalue weighted by Crippen LogP contribution is -2.35. The number of allylic oxidation sites excluding steroid dienone is 2. The van der Waals surface area contributed by atoms with Crippen molar-refractivity contribution in [2.45, 2.75) is 32.5 Å². The molecule has 5 nitrogen and oxygen atoms in total. The zero-order chi connectivity index (χ0) is 17.4. The van der Waals surface area contributed by atoms with Gasteiger partial charge in [0, 0.05) is 0 Å². The van der Waals surface area contributed by atoms with Crippen molar-refractivity contribution in [2.75, 3.05) is 6.61 Å². The highest BCUT2D eigenvalue weighted by molar-refractivity contribution is 5.83. The topological polar surface area (TPSA) is 72.8 Å². The molecule has 0 aliphatic heterocycles. The van der Waals surface area contributed by atoms with Gasteiger partial charge >= 0.3 is 11.9 Å². The molecule has 0 spiro atoms. The van der Waals surface area contributed by atoms with Crippen molar-refractivity contribution in [1.82, 2.24) is 0 Å². The van der Waals surface area contributed by atoms with E-state index in [-0.39, 0.29) is 13.2 Å². The van der Waals surface area contributed by atoms with E-state index in [1.807, 2.05) is 48.6 Å². The van der Waals surface area contributed by atoms with Crippen LogP contribution in [0.25, 0.3) is 0 Å². The molecule has 0 heterocycles. The summed E-state index contributed by atoms with van der Waals surface area (Å²) in [7, 11) is 0. The van der Waals surface area contributed by atoms with Gasteiger partial charge < -0.3 is 14.6 Å². The van der Waals surface area contributed by atoms with Gasteiger partial charge in [0.2, 0.25) is 0 Å². The number of aliphatic hydroxyl groups excluding tert-OH is 1. The van der Waals surface area contributed by atoms with Gasteiger partial charge in [0.05, 0.1) is 5.92 Å². The smallest absolute Gasteiger partial charge is 0.336 e. The number of hydrogen-bond acceptors (Lipinski definition) is 5. The summed E-state index contributed by atoms with van der Waals surface area (Å²) >= 11 is 0. The second-order valence-corrected chi connectivity index (χ2v) is 5.69. The molecule has 0 amide bonds. The zero-order valence-corrected chi connectivity index (χ0v) is 13.7. The first-order valence-electron chi connectivity index (χ1n) is 7.99. The van der Waals surface area contributed by atoms with Crippen LogP contribution in [-0.2, 0) is 25.7 Å². The van der Waals surface area contributed by atoms with Crippen molar-refractivity contribution in [2.24, 2.45) is 5.92 Å². The van der Waals surface area contributed by atoms with Gasteiger partial charge in [-0.2, -0.15) is 0 Å². The molecule has 24 heavy (non-hydrogen) atoms. The summed E-state index contributed by atoms with van der Waals surface area (Å²) in [5, 5.41) is 9.97. The first-order chi connectivity index (χ1) is 11.6. The van der Waals surface area contributed by atoms with Gasteiger partial charge in [0.25, 0.3) is 0 Å². The number of hydrogen-bond donors (Lipinski definition) is 1. The van der Waals surface area contributed by atoms with Crippen LogP contribution in [0, 0.1) is 5.92 Å². The van der Waals surface area contributed by atoms with Crippen molar-refractivity contribution < 1.29 is 24.2 Å². The lowest BCUT2D eigenvalue weighted by molar-refractivity contribution is -0.166. The Labute approximate surface area is 141 Å². The second kappa shape index (κ2) is 9.03. The number of benzene rings is 1. The van der Waals surface area contributed by atoms with Crippen LogP contribution >= 0.6 is 0 Å². The molecule has 2 rings (SSSR count). The third-order valence-electron chi connectivity index (χ3n) is 3.76. The third kappa shape index (κ3) is 5.35. The Morgan fingerprint density at radius 3 is 2.46 bits per heavy atom. The van der Waals surface area contributed by atoms with E-state index in [2.05, 4.69) is 0 Å².